The summed E-state index contributed by atoms with van der Waals surface area (Å²) in [5.74, 6) is -0.182. The zero-order valence-corrected chi connectivity index (χ0v) is 19.2. The van der Waals surface area contributed by atoms with Crippen molar-refractivity contribution in [2.45, 2.75) is 37.8 Å². The second-order valence-electron chi connectivity index (χ2n) is 8.36. The van der Waals surface area contributed by atoms with Gasteiger partial charge >= 0.3 is 0 Å². The minimum Gasteiger partial charge on any atom is -0.412 e. The van der Waals surface area contributed by atoms with Gasteiger partial charge in [0.25, 0.3) is 0 Å². The summed E-state index contributed by atoms with van der Waals surface area (Å²) in [6.45, 7) is 9.21. The maximum atomic E-state index is 13.5. The van der Waals surface area contributed by atoms with Gasteiger partial charge in [-0.15, -0.1) is 24.8 Å². The molecular formula is C23H33Cl2FN2O2. The van der Waals surface area contributed by atoms with Gasteiger partial charge in [-0.1, -0.05) is 50.2 Å². The molecule has 1 fully saturated rings. The van der Waals surface area contributed by atoms with E-state index in [4.69, 9.17) is 4.74 Å². The molecular weight excluding hydrogens is 426 g/mol. The highest BCUT2D eigenvalue weighted by atomic mass is 35.5. The number of hydrogen-bond donors (Lipinski definition) is 1. The highest BCUT2D eigenvalue weighted by molar-refractivity contribution is 5.85. The predicted octanol–water partition coefficient (Wildman–Crippen LogP) is 4.23. The number of piperazine rings is 1. The normalized spacial score (nSPS) is 21.2. The Hall–Kier alpha value is -1.21. The zero-order valence-electron chi connectivity index (χ0n) is 17.6. The van der Waals surface area contributed by atoms with Gasteiger partial charge in [0.2, 0.25) is 0 Å². The second kappa shape index (κ2) is 11.4. The van der Waals surface area contributed by atoms with Crippen LogP contribution < -0.4 is 5.32 Å². The first-order chi connectivity index (χ1) is 13.0. The fourth-order valence-electron chi connectivity index (χ4n) is 4.44. The summed E-state index contributed by atoms with van der Waals surface area (Å²) in [6.07, 6.45) is 0.956. The third-order valence-electron chi connectivity index (χ3n) is 5.97. The molecule has 2 atom stereocenters. The Balaban J connectivity index is 0.00000150. The van der Waals surface area contributed by atoms with Gasteiger partial charge in [0, 0.05) is 37.6 Å². The number of benzene rings is 2. The van der Waals surface area contributed by atoms with Crippen LogP contribution in [0.1, 0.15) is 49.1 Å². The van der Waals surface area contributed by atoms with E-state index in [0.717, 1.165) is 39.2 Å². The van der Waals surface area contributed by atoms with E-state index in [-0.39, 0.29) is 53.7 Å². The zero-order chi connectivity index (χ0) is 18.9. The summed E-state index contributed by atoms with van der Waals surface area (Å²) < 4.78 is 19.9. The Bertz CT molecular complexity index is 783. The van der Waals surface area contributed by atoms with E-state index >= 15 is 0 Å². The van der Waals surface area contributed by atoms with E-state index < -0.39 is 0 Å². The summed E-state index contributed by atoms with van der Waals surface area (Å²) in [5.41, 5.74) is 3.90. The first kappa shape index (κ1) is 26.8. The quantitative estimate of drug-likeness (QED) is 0.745. The third kappa shape index (κ3) is 5.72. The van der Waals surface area contributed by atoms with Gasteiger partial charge in [-0.2, -0.15) is 0 Å². The molecule has 0 amide bonds. The largest absolute Gasteiger partial charge is 0.412 e. The lowest BCUT2D eigenvalue weighted by atomic mass is 9.78. The molecule has 0 aliphatic carbocycles. The van der Waals surface area contributed by atoms with E-state index in [1.807, 2.05) is 12.1 Å². The average Bonchev–Trinajstić information content (AvgIpc) is 2.69. The Morgan fingerprint density at radius 2 is 1.70 bits per heavy atom. The average molecular weight is 459 g/mol. The fraction of sp³-hybridized carbons (Fsp3) is 0.478. The molecule has 2 aliphatic rings. The molecule has 2 heterocycles. The first-order valence-corrected chi connectivity index (χ1v) is 9.96. The lowest BCUT2D eigenvalue weighted by molar-refractivity contribution is -0.0157. The minimum atomic E-state index is -0.182. The molecule has 1 saturated heterocycles. The van der Waals surface area contributed by atoms with E-state index in [0.29, 0.717) is 0 Å². The second-order valence-corrected chi connectivity index (χ2v) is 8.36. The van der Waals surface area contributed by atoms with Crippen molar-refractivity contribution in [1.82, 2.24) is 10.2 Å². The van der Waals surface area contributed by atoms with E-state index in [1.54, 1.807) is 12.1 Å². The number of ether oxygens (including phenoxy) is 1. The van der Waals surface area contributed by atoms with Crippen LogP contribution in [0, 0.1) is 5.82 Å². The van der Waals surface area contributed by atoms with Crippen LogP contribution in [0.25, 0.3) is 0 Å². The number of hydrogen-bond acceptors (Lipinski definition) is 3. The van der Waals surface area contributed by atoms with Gasteiger partial charge in [-0.25, -0.2) is 4.39 Å². The van der Waals surface area contributed by atoms with Gasteiger partial charge in [-0.05, 0) is 35.2 Å². The van der Waals surface area contributed by atoms with Gasteiger partial charge in [0.05, 0.1) is 12.7 Å². The maximum Gasteiger partial charge on any atom is 0.123 e. The highest BCUT2D eigenvalue weighted by Gasteiger charge is 2.35. The molecule has 30 heavy (non-hydrogen) atoms. The first-order valence-electron chi connectivity index (χ1n) is 9.96. The van der Waals surface area contributed by atoms with Crippen molar-refractivity contribution in [3.8, 4) is 0 Å². The number of halogens is 3. The van der Waals surface area contributed by atoms with Crippen LogP contribution in [0.15, 0.2) is 48.5 Å². The molecule has 0 spiro atoms. The van der Waals surface area contributed by atoms with Crippen molar-refractivity contribution in [2.24, 2.45) is 0 Å². The highest BCUT2D eigenvalue weighted by Crippen LogP contribution is 2.42. The molecule has 2 unspecified atom stereocenters. The van der Waals surface area contributed by atoms with Crippen molar-refractivity contribution < 1.29 is 14.6 Å². The summed E-state index contributed by atoms with van der Waals surface area (Å²) in [7, 11) is 0. The molecule has 0 bridgehead atoms. The smallest absolute Gasteiger partial charge is 0.123 e. The lowest BCUT2D eigenvalue weighted by Crippen LogP contribution is -2.46. The summed E-state index contributed by atoms with van der Waals surface area (Å²) in [4.78, 5) is 2.51. The van der Waals surface area contributed by atoms with Gasteiger partial charge in [0.1, 0.15) is 5.82 Å². The lowest BCUT2D eigenvalue weighted by Gasteiger charge is -2.41. The third-order valence-corrected chi connectivity index (χ3v) is 5.97. The SMILES string of the molecule is CC1(C)COC(CC(c2ccc(F)cc2)N2CCNCC2)c2ccccc21.Cl.Cl.O. The number of fused-ring (bicyclic) bond motifs is 1. The van der Waals surface area contributed by atoms with Crippen LogP contribution in [0.3, 0.4) is 0 Å². The van der Waals surface area contributed by atoms with E-state index in [1.165, 1.54) is 16.7 Å². The number of nitrogens with zero attached hydrogens (tertiary/aromatic N) is 1. The molecule has 2 aromatic carbocycles. The van der Waals surface area contributed by atoms with E-state index in [9.17, 15) is 4.39 Å². The Morgan fingerprint density at radius 3 is 2.37 bits per heavy atom. The van der Waals surface area contributed by atoms with Crippen LogP contribution >= 0.6 is 24.8 Å². The molecule has 7 heteroatoms. The van der Waals surface area contributed by atoms with Crippen molar-refractivity contribution in [3.63, 3.8) is 0 Å². The molecule has 4 rings (SSSR count). The van der Waals surface area contributed by atoms with Gasteiger partial charge in [0.15, 0.2) is 0 Å². The molecule has 168 valence electrons. The van der Waals surface area contributed by atoms with Crippen LogP contribution in [0.2, 0.25) is 0 Å². The molecule has 4 nitrogen and oxygen atoms in total. The molecule has 3 N–H and O–H groups in total. The van der Waals surface area contributed by atoms with Crippen LogP contribution in [0.4, 0.5) is 4.39 Å². The van der Waals surface area contributed by atoms with Crippen molar-refractivity contribution in [3.05, 3.63) is 71.0 Å². The topological polar surface area (TPSA) is 56.0 Å². The molecule has 2 aliphatic heterocycles. The minimum absolute atomic E-state index is 0. The van der Waals surface area contributed by atoms with Crippen molar-refractivity contribution in [2.75, 3.05) is 32.8 Å². The van der Waals surface area contributed by atoms with Gasteiger partial charge < -0.3 is 15.5 Å². The Labute approximate surface area is 191 Å². The fourth-order valence-corrected chi connectivity index (χ4v) is 4.44. The summed E-state index contributed by atoms with van der Waals surface area (Å²) in [6, 6.07) is 15.9. The molecule has 0 aromatic heterocycles. The maximum absolute atomic E-state index is 13.5. The van der Waals surface area contributed by atoms with Crippen molar-refractivity contribution in [1.29, 1.82) is 0 Å². The Kier molecular flexibility index (Phi) is 10.2. The monoisotopic (exact) mass is 458 g/mol. The van der Waals surface area contributed by atoms with Crippen LogP contribution in [0.5, 0.6) is 0 Å². The summed E-state index contributed by atoms with van der Waals surface area (Å²) in [5, 5.41) is 3.43. The van der Waals surface area contributed by atoms with E-state index in [2.05, 4.69) is 48.3 Å². The Morgan fingerprint density at radius 1 is 1.07 bits per heavy atom. The van der Waals surface area contributed by atoms with Crippen LogP contribution in [-0.2, 0) is 10.2 Å². The number of rotatable bonds is 4. The number of nitrogens with one attached hydrogen (secondary N) is 1. The molecule has 2 aromatic rings. The summed E-state index contributed by atoms with van der Waals surface area (Å²) >= 11 is 0. The van der Waals surface area contributed by atoms with Gasteiger partial charge in [-0.3, -0.25) is 4.90 Å². The van der Waals surface area contributed by atoms with Crippen molar-refractivity contribution >= 4 is 24.8 Å². The predicted molar refractivity (Wildman–Crippen MR) is 124 cm³/mol. The molecule has 0 saturated carbocycles. The van der Waals surface area contributed by atoms with Crippen LogP contribution in [-0.4, -0.2) is 43.2 Å². The standard InChI is InChI=1S/C23H29FN2O.2ClH.H2O/c1-23(2)16-27-22(19-5-3-4-6-20(19)23)15-21(26-13-11-25-12-14-26)17-7-9-18(24)10-8-17;;;/h3-10,21-22,25H,11-16H2,1-2H3;2*1H;1H2. The molecule has 0 radical (unpaired) electrons.